The summed E-state index contributed by atoms with van der Waals surface area (Å²) in [5.41, 5.74) is 4.34. The summed E-state index contributed by atoms with van der Waals surface area (Å²) in [6.45, 7) is 8.27. The summed E-state index contributed by atoms with van der Waals surface area (Å²) in [5.74, 6) is 1.46. The van der Waals surface area contributed by atoms with Crippen molar-refractivity contribution in [1.29, 1.82) is 0 Å². The summed E-state index contributed by atoms with van der Waals surface area (Å²) in [7, 11) is 1.71. The molecule has 0 aliphatic carbocycles. The van der Waals surface area contributed by atoms with E-state index in [9.17, 15) is 4.79 Å². The summed E-state index contributed by atoms with van der Waals surface area (Å²) in [6, 6.07) is 8.80. The van der Waals surface area contributed by atoms with Gasteiger partial charge in [-0.05, 0) is 25.1 Å². The minimum absolute atomic E-state index is 0.0627. The van der Waals surface area contributed by atoms with Gasteiger partial charge in [0.1, 0.15) is 11.9 Å². The highest BCUT2D eigenvalue weighted by molar-refractivity contribution is 5.84. The van der Waals surface area contributed by atoms with E-state index in [1.54, 1.807) is 13.4 Å². The molecule has 3 aromatic rings. The van der Waals surface area contributed by atoms with Crippen LogP contribution < -0.4 is 19.7 Å². The molecule has 2 N–H and O–H groups in total. The number of ether oxygens (including phenoxy) is 3. The number of fused-ring (bicyclic) bond motifs is 1. The largest absolute Gasteiger partial charge is 0.495 e. The molecule has 2 atom stereocenters. The molecule has 36 heavy (non-hydrogen) atoms. The second-order valence-electron chi connectivity index (χ2n) is 9.80. The average Bonchev–Trinajstić information content (AvgIpc) is 3.52. The molecule has 0 saturated carbocycles. The third kappa shape index (κ3) is 4.35. The SMILES string of the molecule is COc1cc(-c2cc3[nH]cnc3c(O[C@H](C)[C@H]3CNC(=O)C3)n2)ccc1N1CCN(C2COC2)CC1. The van der Waals surface area contributed by atoms with Crippen molar-refractivity contribution in [2.45, 2.75) is 25.5 Å². The van der Waals surface area contributed by atoms with Crippen LogP contribution in [0.5, 0.6) is 11.6 Å². The molecule has 1 aromatic carbocycles. The molecule has 10 nitrogen and oxygen atoms in total. The van der Waals surface area contributed by atoms with Gasteiger partial charge in [-0.3, -0.25) is 9.69 Å². The van der Waals surface area contributed by atoms with E-state index < -0.39 is 0 Å². The molecule has 190 valence electrons. The fourth-order valence-electron chi connectivity index (χ4n) is 5.24. The van der Waals surface area contributed by atoms with Crippen molar-refractivity contribution in [3.8, 4) is 22.9 Å². The van der Waals surface area contributed by atoms with Gasteiger partial charge < -0.3 is 29.4 Å². The number of H-pyrrole nitrogens is 1. The summed E-state index contributed by atoms with van der Waals surface area (Å²) in [4.78, 5) is 29.0. The van der Waals surface area contributed by atoms with Gasteiger partial charge in [-0.1, -0.05) is 6.07 Å². The van der Waals surface area contributed by atoms with Crippen LogP contribution in [0.15, 0.2) is 30.6 Å². The number of nitrogens with zero attached hydrogens (tertiary/aromatic N) is 4. The number of hydrogen-bond acceptors (Lipinski definition) is 8. The number of aromatic amines is 1. The summed E-state index contributed by atoms with van der Waals surface area (Å²) >= 11 is 0. The van der Waals surface area contributed by atoms with Crippen LogP contribution in [0.3, 0.4) is 0 Å². The molecular weight excluding hydrogens is 460 g/mol. The Morgan fingerprint density at radius 1 is 1.17 bits per heavy atom. The van der Waals surface area contributed by atoms with Gasteiger partial charge in [-0.2, -0.15) is 0 Å². The first-order valence-corrected chi connectivity index (χ1v) is 12.6. The number of carbonyl (C=O) groups excluding carboxylic acids is 1. The molecule has 6 rings (SSSR count). The van der Waals surface area contributed by atoms with Crippen LogP contribution in [-0.4, -0.2) is 91.0 Å². The first-order valence-electron chi connectivity index (χ1n) is 12.6. The number of benzene rings is 1. The van der Waals surface area contributed by atoms with Gasteiger partial charge in [0.2, 0.25) is 11.8 Å². The molecule has 10 heteroatoms. The first kappa shape index (κ1) is 23.1. The Balaban J connectivity index is 1.24. The standard InChI is InChI=1S/C26H32N6O4/c1-16(18-10-24(33)27-12-18)36-26-25-21(28-15-29-25)11-20(30-26)17-3-4-22(23(9-17)34-2)32-7-5-31(6-8-32)19-13-35-14-19/h3-4,9,11,15-16,18-19H,5-8,10,12-14H2,1-2H3,(H,27,33)(H,28,29)/t16-,18-/m1/s1. The van der Waals surface area contributed by atoms with Gasteiger partial charge in [0.15, 0.2) is 5.52 Å². The van der Waals surface area contributed by atoms with Gasteiger partial charge in [-0.25, -0.2) is 9.97 Å². The molecule has 0 radical (unpaired) electrons. The Hall–Kier alpha value is -3.37. The van der Waals surface area contributed by atoms with E-state index in [0.29, 0.717) is 30.4 Å². The highest BCUT2D eigenvalue weighted by Gasteiger charge is 2.30. The number of carbonyl (C=O) groups is 1. The maximum atomic E-state index is 11.7. The molecule has 2 aromatic heterocycles. The average molecular weight is 493 g/mol. The number of amides is 1. The quantitative estimate of drug-likeness (QED) is 0.517. The van der Waals surface area contributed by atoms with E-state index in [0.717, 1.165) is 67.6 Å². The number of aromatic nitrogens is 3. The minimum atomic E-state index is -0.173. The summed E-state index contributed by atoms with van der Waals surface area (Å²) < 4.78 is 17.4. The number of piperazine rings is 1. The van der Waals surface area contributed by atoms with E-state index in [-0.39, 0.29) is 17.9 Å². The Morgan fingerprint density at radius 3 is 2.69 bits per heavy atom. The van der Waals surface area contributed by atoms with E-state index >= 15 is 0 Å². The van der Waals surface area contributed by atoms with E-state index in [2.05, 4.69) is 37.2 Å². The number of imidazole rings is 1. The smallest absolute Gasteiger partial charge is 0.243 e. The Bertz CT molecular complexity index is 1250. The highest BCUT2D eigenvalue weighted by atomic mass is 16.5. The molecule has 1 amide bonds. The van der Waals surface area contributed by atoms with Crippen molar-refractivity contribution in [2.24, 2.45) is 5.92 Å². The molecule has 5 heterocycles. The van der Waals surface area contributed by atoms with Crippen molar-refractivity contribution in [1.82, 2.24) is 25.2 Å². The van der Waals surface area contributed by atoms with Crippen molar-refractivity contribution in [3.63, 3.8) is 0 Å². The molecule has 3 aliphatic heterocycles. The van der Waals surface area contributed by atoms with Crippen molar-refractivity contribution >= 4 is 22.6 Å². The lowest BCUT2D eigenvalue weighted by Gasteiger charge is -2.43. The zero-order valence-electron chi connectivity index (χ0n) is 20.7. The number of anilines is 1. The van der Waals surface area contributed by atoms with Gasteiger partial charge in [0, 0.05) is 50.6 Å². The molecule has 0 unspecified atom stereocenters. The number of methoxy groups -OCH3 is 1. The van der Waals surface area contributed by atoms with Crippen LogP contribution in [0.25, 0.3) is 22.3 Å². The van der Waals surface area contributed by atoms with Crippen molar-refractivity contribution < 1.29 is 19.0 Å². The number of pyridine rings is 1. The molecule has 3 aliphatic rings. The highest BCUT2D eigenvalue weighted by Crippen LogP contribution is 2.36. The van der Waals surface area contributed by atoms with Crippen LogP contribution in [0.1, 0.15) is 13.3 Å². The van der Waals surface area contributed by atoms with Crippen molar-refractivity contribution in [2.75, 3.05) is 57.9 Å². The van der Waals surface area contributed by atoms with Crippen LogP contribution in [0.4, 0.5) is 5.69 Å². The van der Waals surface area contributed by atoms with E-state index in [4.69, 9.17) is 19.2 Å². The monoisotopic (exact) mass is 492 g/mol. The lowest BCUT2D eigenvalue weighted by molar-refractivity contribution is -0.119. The van der Waals surface area contributed by atoms with Gasteiger partial charge >= 0.3 is 0 Å². The minimum Gasteiger partial charge on any atom is -0.495 e. The second-order valence-corrected chi connectivity index (χ2v) is 9.80. The first-order chi connectivity index (χ1) is 17.6. The zero-order chi connectivity index (χ0) is 24.6. The fourth-order valence-corrected chi connectivity index (χ4v) is 5.24. The normalized spacial score (nSPS) is 21.9. The van der Waals surface area contributed by atoms with Crippen LogP contribution >= 0.6 is 0 Å². The van der Waals surface area contributed by atoms with Gasteiger partial charge in [-0.15, -0.1) is 0 Å². The second kappa shape index (κ2) is 9.59. The zero-order valence-corrected chi connectivity index (χ0v) is 20.7. The Morgan fingerprint density at radius 2 is 2.00 bits per heavy atom. The van der Waals surface area contributed by atoms with Gasteiger partial charge in [0.05, 0.1) is 49.6 Å². The predicted molar refractivity (Wildman–Crippen MR) is 135 cm³/mol. The Kier molecular flexibility index (Phi) is 6.14. The van der Waals surface area contributed by atoms with Crippen molar-refractivity contribution in [3.05, 3.63) is 30.6 Å². The topological polar surface area (TPSA) is 105 Å². The maximum Gasteiger partial charge on any atom is 0.243 e. The third-order valence-corrected chi connectivity index (χ3v) is 7.61. The number of nitrogens with one attached hydrogen (secondary N) is 2. The fraction of sp³-hybridized carbons (Fsp3) is 0.500. The molecular formula is C26H32N6O4. The Labute approximate surface area is 209 Å². The molecule has 3 saturated heterocycles. The molecule has 0 spiro atoms. The number of rotatable bonds is 7. The van der Waals surface area contributed by atoms with Crippen LogP contribution in [0, 0.1) is 5.92 Å². The lowest BCUT2D eigenvalue weighted by atomic mass is 10.0. The predicted octanol–water partition coefficient (Wildman–Crippen LogP) is 2.06. The summed E-state index contributed by atoms with van der Waals surface area (Å²) in [6.07, 6.45) is 1.94. The third-order valence-electron chi connectivity index (χ3n) is 7.61. The van der Waals surface area contributed by atoms with E-state index in [1.165, 1.54) is 0 Å². The number of hydrogen-bond donors (Lipinski definition) is 2. The summed E-state index contributed by atoms with van der Waals surface area (Å²) in [5, 5.41) is 2.88. The molecule has 3 fully saturated rings. The van der Waals surface area contributed by atoms with Crippen LogP contribution in [-0.2, 0) is 9.53 Å². The maximum absolute atomic E-state index is 11.7. The molecule has 0 bridgehead atoms. The lowest BCUT2D eigenvalue weighted by Crippen LogP contribution is -2.56. The van der Waals surface area contributed by atoms with E-state index in [1.807, 2.05) is 19.1 Å². The van der Waals surface area contributed by atoms with Crippen LogP contribution in [0.2, 0.25) is 0 Å². The van der Waals surface area contributed by atoms with Gasteiger partial charge in [0.25, 0.3) is 0 Å².